The Kier molecular flexibility index (Phi) is 3.47. The fourth-order valence-electron chi connectivity index (χ4n) is 2.06. The predicted octanol–water partition coefficient (Wildman–Crippen LogP) is 2.89. The van der Waals surface area contributed by atoms with Crippen molar-refractivity contribution in [3.8, 4) is 5.88 Å². The number of fused-ring (bicyclic) bond motifs is 1. The van der Waals surface area contributed by atoms with Crippen LogP contribution in [0.4, 0.5) is 5.69 Å². The molecule has 1 N–H and O–H groups in total. The molecule has 2 heterocycles. The molecule has 3 rings (SSSR count). The van der Waals surface area contributed by atoms with Gasteiger partial charge in [0, 0.05) is 29.4 Å². The van der Waals surface area contributed by atoms with E-state index >= 15 is 0 Å². The molecule has 0 unspecified atom stereocenters. The molecule has 1 amide bonds. The zero-order chi connectivity index (χ0) is 14.7. The average Bonchev–Trinajstić information content (AvgIpc) is 2.55. The van der Waals surface area contributed by atoms with E-state index in [4.69, 9.17) is 4.74 Å². The van der Waals surface area contributed by atoms with Crippen LogP contribution in [0.3, 0.4) is 0 Å². The fourth-order valence-corrected chi connectivity index (χ4v) is 2.06. The van der Waals surface area contributed by atoms with Crippen LogP contribution in [0, 0.1) is 0 Å². The van der Waals surface area contributed by atoms with Gasteiger partial charge in [0.1, 0.15) is 0 Å². The number of para-hydroxylation sites is 1. The minimum absolute atomic E-state index is 0.228. The summed E-state index contributed by atoms with van der Waals surface area (Å²) in [6.45, 7) is 0. The molecule has 0 aliphatic heterocycles. The maximum Gasteiger partial charge on any atom is 0.255 e. The number of carbonyl (C=O) groups is 1. The van der Waals surface area contributed by atoms with E-state index in [9.17, 15) is 4.79 Å². The number of hydrogen-bond acceptors (Lipinski definition) is 4. The van der Waals surface area contributed by atoms with Gasteiger partial charge in [-0.15, -0.1) is 0 Å². The first-order valence-electron chi connectivity index (χ1n) is 6.43. The summed E-state index contributed by atoms with van der Waals surface area (Å²) in [5.41, 5.74) is 1.91. The van der Waals surface area contributed by atoms with E-state index in [0.717, 1.165) is 10.9 Å². The molecule has 0 radical (unpaired) electrons. The van der Waals surface area contributed by atoms with Crippen LogP contribution in [0.15, 0.2) is 54.9 Å². The zero-order valence-electron chi connectivity index (χ0n) is 11.4. The second kappa shape index (κ2) is 5.58. The molecule has 0 spiro atoms. The number of methoxy groups -OCH3 is 1. The van der Waals surface area contributed by atoms with E-state index in [0.29, 0.717) is 17.1 Å². The van der Waals surface area contributed by atoms with Crippen LogP contribution in [-0.2, 0) is 0 Å². The number of hydrogen-bond donors (Lipinski definition) is 1. The number of pyridine rings is 2. The van der Waals surface area contributed by atoms with E-state index < -0.39 is 0 Å². The second-order valence-corrected chi connectivity index (χ2v) is 4.42. The summed E-state index contributed by atoms with van der Waals surface area (Å²) in [5, 5.41) is 3.84. The minimum Gasteiger partial charge on any atom is -0.481 e. The second-order valence-electron chi connectivity index (χ2n) is 4.42. The highest BCUT2D eigenvalue weighted by Gasteiger charge is 2.10. The van der Waals surface area contributed by atoms with Gasteiger partial charge in [-0.3, -0.25) is 9.78 Å². The monoisotopic (exact) mass is 279 g/mol. The maximum absolute atomic E-state index is 12.3. The molecule has 0 aliphatic rings. The molecule has 3 aromatic rings. The van der Waals surface area contributed by atoms with E-state index in [1.54, 1.807) is 18.3 Å². The summed E-state index contributed by atoms with van der Waals surface area (Å²) >= 11 is 0. The van der Waals surface area contributed by atoms with Crippen molar-refractivity contribution >= 4 is 22.5 Å². The van der Waals surface area contributed by atoms with Crippen LogP contribution in [0.2, 0.25) is 0 Å². The number of aromatic nitrogens is 2. The Balaban J connectivity index is 1.93. The standard InChI is InChI=1S/C16H13N3O2/c1-21-14-10-12(7-9-17-14)16(20)19-13-6-2-4-11-5-3-8-18-15(11)13/h2-10H,1H3,(H,19,20). The van der Waals surface area contributed by atoms with Gasteiger partial charge in [-0.1, -0.05) is 18.2 Å². The highest BCUT2D eigenvalue weighted by Crippen LogP contribution is 2.21. The molecular weight excluding hydrogens is 266 g/mol. The SMILES string of the molecule is COc1cc(C(=O)Nc2cccc3cccnc23)ccn1. The van der Waals surface area contributed by atoms with Crippen LogP contribution in [-0.4, -0.2) is 23.0 Å². The Morgan fingerprint density at radius 1 is 1.10 bits per heavy atom. The van der Waals surface area contributed by atoms with Crippen molar-refractivity contribution in [1.29, 1.82) is 0 Å². The lowest BCUT2D eigenvalue weighted by molar-refractivity contribution is 0.102. The van der Waals surface area contributed by atoms with Crippen molar-refractivity contribution in [3.63, 3.8) is 0 Å². The van der Waals surface area contributed by atoms with Crippen molar-refractivity contribution < 1.29 is 9.53 Å². The number of nitrogens with zero attached hydrogens (tertiary/aromatic N) is 2. The third-order valence-corrected chi connectivity index (χ3v) is 3.09. The number of benzene rings is 1. The van der Waals surface area contributed by atoms with E-state index in [2.05, 4.69) is 15.3 Å². The number of carbonyl (C=O) groups excluding carboxylic acids is 1. The molecule has 0 atom stereocenters. The summed E-state index contributed by atoms with van der Waals surface area (Å²) < 4.78 is 5.02. The smallest absolute Gasteiger partial charge is 0.255 e. The van der Waals surface area contributed by atoms with E-state index in [1.165, 1.54) is 13.3 Å². The molecule has 0 fully saturated rings. The van der Waals surface area contributed by atoms with Gasteiger partial charge in [0.05, 0.1) is 18.3 Å². The Morgan fingerprint density at radius 2 is 1.95 bits per heavy atom. The van der Waals surface area contributed by atoms with Gasteiger partial charge in [-0.25, -0.2) is 4.98 Å². The lowest BCUT2D eigenvalue weighted by Crippen LogP contribution is -2.12. The predicted molar refractivity (Wildman–Crippen MR) is 80.5 cm³/mol. The lowest BCUT2D eigenvalue weighted by Gasteiger charge is -2.08. The third-order valence-electron chi connectivity index (χ3n) is 3.09. The molecule has 5 nitrogen and oxygen atoms in total. The average molecular weight is 279 g/mol. The molecule has 104 valence electrons. The number of nitrogens with one attached hydrogen (secondary N) is 1. The summed E-state index contributed by atoms with van der Waals surface area (Å²) in [4.78, 5) is 20.6. The summed E-state index contributed by atoms with van der Waals surface area (Å²) in [5.74, 6) is 0.174. The molecule has 0 bridgehead atoms. The van der Waals surface area contributed by atoms with Crippen LogP contribution < -0.4 is 10.1 Å². The van der Waals surface area contributed by atoms with Crippen LogP contribution in [0.5, 0.6) is 5.88 Å². The number of anilines is 1. The Bertz CT molecular complexity index is 797. The molecule has 1 aromatic carbocycles. The molecule has 21 heavy (non-hydrogen) atoms. The van der Waals surface area contributed by atoms with Gasteiger partial charge in [0.2, 0.25) is 5.88 Å². The topological polar surface area (TPSA) is 64.1 Å². The van der Waals surface area contributed by atoms with Crippen molar-refractivity contribution in [2.45, 2.75) is 0 Å². The Morgan fingerprint density at radius 3 is 2.81 bits per heavy atom. The van der Waals surface area contributed by atoms with Gasteiger partial charge in [-0.05, 0) is 18.2 Å². The molecule has 0 saturated heterocycles. The summed E-state index contributed by atoms with van der Waals surface area (Å²) in [7, 11) is 1.51. The van der Waals surface area contributed by atoms with Crippen LogP contribution in [0.1, 0.15) is 10.4 Å². The highest BCUT2D eigenvalue weighted by atomic mass is 16.5. The van der Waals surface area contributed by atoms with E-state index in [1.807, 2.05) is 30.3 Å². The van der Waals surface area contributed by atoms with Crippen molar-refractivity contribution in [2.24, 2.45) is 0 Å². The first kappa shape index (κ1) is 13.1. The number of amides is 1. The van der Waals surface area contributed by atoms with E-state index in [-0.39, 0.29) is 5.91 Å². The molecular formula is C16H13N3O2. The van der Waals surface area contributed by atoms with Crippen molar-refractivity contribution in [3.05, 3.63) is 60.4 Å². The Labute approximate surface area is 121 Å². The van der Waals surface area contributed by atoms with Crippen molar-refractivity contribution in [2.75, 3.05) is 12.4 Å². The molecule has 0 aliphatic carbocycles. The van der Waals surface area contributed by atoms with Crippen LogP contribution >= 0.6 is 0 Å². The number of ether oxygens (including phenoxy) is 1. The maximum atomic E-state index is 12.3. The van der Waals surface area contributed by atoms with Gasteiger partial charge in [0.25, 0.3) is 5.91 Å². The first-order chi connectivity index (χ1) is 10.3. The van der Waals surface area contributed by atoms with Gasteiger partial charge in [-0.2, -0.15) is 0 Å². The van der Waals surface area contributed by atoms with Crippen molar-refractivity contribution in [1.82, 2.24) is 9.97 Å². The summed E-state index contributed by atoms with van der Waals surface area (Å²) in [6.07, 6.45) is 3.24. The fraction of sp³-hybridized carbons (Fsp3) is 0.0625. The molecule has 2 aromatic heterocycles. The Hall–Kier alpha value is -2.95. The zero-order valence-corrected chi connectivity index (χ0v) is 11.4. The first-order valence-corrected chi connectivity index (χ1v) is 6.43. The van der Waals surface area contributed by atoms with Gasteiger partial charge < -0.3 is 10.1 Å². The highest BCUT2D eigenvalue weighted by molar-refractivity contribution is 6.08. The number of rotatable bonds is 3. The largest absolute Gasteiger partial charge is 0.481 e. The molecule has 0 saturated carbocycles. The van der Waals surface area contributed by atoms with Crippen LogP contribution in [0.25, 0.3) is 10.9 Å². The lowest BCUT2D eigenvalue weighted by atomic mass is 10.2. The summed E-state index contributed by atoms with van der Waals surface area (Å²) in [6, 6.07) is 12.7. The third kappa shape index (κ3) is 2.67. The quantitative estimate of drug-likeness (QED) is 0.800. The van der Waals surface area contributed by atoms with Gasteiger partial charge >= 0.3 is 0 Å². The van der Waals surface area contributed by atoms with Gasteiger partial charge in [0.15, 0.2) is 0 Å². The minimum atomic E-state index is -0.228. The molecule has 5 heteroatoms. The normalized spacial score (nSPS) is 10.3.